The first-order valence-corrected chi connectivity index (χ1v) is 5.56. The summed E-state index contributed by atoms with van der Waals surface area (Å²) in [5.41, 5.74) is 2.35. The SMILES string of the molecule is C/C=C/CNCc1cccc2cccnc12. The van der Waals surface area contributed by atoms with Gasteiger partial charge in [-0.2, -0.15) is 0 Å². The molecule has 0 saturated carbocycles. The highest BCUT2D eigenvalue weighted by Gasteiger charge is 1.99. The minimum atomic E-state index is 0.860. The van der Waals surface area contributed by atoms with E-state index in [-0.39, 0.29) is 0 Å². The third kappa shape index (κ3) is 2.47. The van der Waals surface area contributed by atoms with Crippen molar-refractivity contribution in [1.82, 2.24) is 10.3 Å². The number of nitrogens with zero attached hydrogens (tertiary/aromatic N) is 1. The van der Waals surface area contributed by atoms with Gasteiger partial charge in [0.2, 0.25) is 0 Å². The second-order valence-electron chi connectivity index (χ2n) is 3.69. The summed E-state index contributed by atoms with van der Waals surface area (Å²) >= 11 is 0. The minimum absolute atomic E-state index is 0.860. The first-order chi connectivity index (χ1) is 7.92. The molecule has 1 aromatic heterocycles. The van der Waals surface area contributed by atoms with Crippen molar-refractivity contribution in [2.24, 2.45) is 0 Å². The van der Waals surface area contributed by atoms with E-state index in [1.807, 2.05) is 25.3 Å². The Morgan fingerprint density at radius 3 is 3.00 bits per heavy atom. The molecule has 0 unspecified atom stereocenters. The van der Waals surface area contributed by atoms with E-state index in [0.29, 0.717) is 0 Å². The molecular formula is C14H16N2. The summed E-state index contributed by atoms with van der Waals surface area (Å²) in [5.74, 6) is 0. The topological polar surface area (TPSA) is 24.9 Å². The smallest absolute Gasteiger partial charge is 0.0746 e. The molecule has 2 heteroatoms. The van der Waals surface area contributed by atoms with Crippen LogP contribution in [0.15, 0.2) is 48.7 Å². The van der Waals surface area contributed by atoms with E-state index < -0.39 is 0 Å². The Balaban J connectivity index is 2.17. The van der Waals surface area contributed by atoms with Crippen LogP contribution in [-0.4, -0.2) is 11.5 Å². The molecule has 2 aromatic rings. The third-order valence-electron chi connectivity index (χ3n) is 2.53. The molecule has 0 spiro atoms. The summed E-state index contributed by atoms with van der Waals surface area (Å²) < 4.78 is 0. The van der Waals surface area contributed by atoms with Crippen LogP contribution in [0.5, 0.6) is 0 Å². The van der Waals surface area contributed by atoms with Gasteiger partial charge in [-0.25, -0.2) is 0 Å². The Bertz CT molecular complexity index is 484. The van der Waals surface area contributed by atoms with Gasteiger partial charge in [0.1, 0.15) is 0 Å². The van der Waals surface area contributed by atoms with Crippen LogP contribution in [0.25, 0.3) is 10.9 Å². The van der Waals surface area contributed by atoms with Crippen LogP contribution in [0.4, 0.5) is 0 Å². The molecule has 0 radical (unpaired) electrons. The zero-order valence-corrected chi connectivity index (χ0v) is 9.48. The number of pyridine rings is 1. The fraction of sp³-hybridized carbons (Fsp3) is 0.214. The van der Waals surface area contributed by atoms with E-state index in [9.17, 15) is 0 Å². The standard InChI is InChI=1S/C14H16N2/c1-2-3-9-15-11-13-7-4-6-12-8-5-10-16-14(12)13/h2-8,10,15H,9,11H2,1H3/b3-2+. The summed E-state index contributed by atoms with van der Waals surface area (Å²) in [6.07, 6.45) is 6.00. The van der Waals surface area contributed by atoms with E-state index >= 15 is 0 Å². The van der Waals surface area contributed by atoms with Gasteiger partial charge in [0.25, 0.3) is 0 Å². The number of para-hydroxylation sites is 1. The van der Waals surface area contributed by atoms with Crippen LogP contribution in [-0.2, 0) is 6.54 Å². The van der Waals surface area contributed by atoms with Crippen molar-refractivity contribution in [1.29, 1.82) is 0 Å². The molecule has 1 heterocycles. The number of hydrogen-bond acceptors (Lipinski definition) is 2. The highest BCUT2D eigenvalue weighted by Crippen LogP contribution is 2.15. The van der Waals surface area contributed by atoms with E-state index in [1.165, 1.54) is 10.9 Å². The highest BCUT2D eigenvalue weighted by atomic mass is 14.8. The fourth-order valence-electron chi connectivity index (χ4n) is 1.72. The van der Waals surface area contributed by atoms with Crippen molar-refractivity contribution in [3.63, 3.8) is 0 Å². The average Bonchev–Trinajstić information content (AvgIpc) is 2.35. The third-order valence-corrected chi connectivity index (χ3v) is 2.53. The van der Waals surface area contributed by atoms with E-state index in [2.05, 4.69) is 40.6 Å². The van der Waals surface area contributed by atoms with Gasteiger partial charge in [0, 0.05) is 24.7 Å². The fourth-order valence-corrected chi connectivity index (χ4v) is 1.72. The van der Waals surface area contributed by atoms with Crippen molar-refractivity contribution in [2.45, 2.75) is 13.5 Å². The van der Waals surface area contributed by atoms with Crippen LogP contribution in [0.2, 0.25) is 0 Å². The predicted molar refractivity (Wildman–Crippen MR) is 68.3 cm³/mol. The molecule has 16 heavy (non-hydrogen) atoms. The lowest BCUT2D eigenvalue weighted by molar-refractivity contribution is 0.762. The van der Waals surface area contributed by atoms with Crippen molar-refractivity contribution in [2.75, 3.05) is 6.54 Å². The lowest BCUT2D eigenvalue weighted by Crippen LogP contribution is -2.13. The largest absolute Gasteiger partial charge is 0.309 e. The highest BCUT2D eigenvalue weighted by molar-refractivity contribution is 5.81. The number of benzene rings is 1. The Kier molecular flexibility index (Phi) is 3.67. The number of rotatable bonds is 4. The summed E-state index contributed by atoms with van der Waals surface area (Å²) in [5, 5.41) is 4.57. The molecule has 2 rings (SSSR count). The van der Waals surface area contributed by atoms with E-state index in [1.54, 1.807) is 0 Å². The van der Waals surface area contributed by atoms with Crippen LogP contribution < -0.4 is 5.32 Å². The summed E-state index contributed by atoms with van der Waals surface area (Å²) in [7, 11) is 0. The summed E-state index contributed by atoms with van der Waals surface area (Å²) in [6, 6.07) is 10.4. The normalized spacial score (nSPS) is 11.3. The van der Waals surface area contributed by atoms with Gasteiger partial charge in [-0.1, -0.05) is 36.4 Å². The van der Waals surface area contributed by atoms with Crippen molar-refractivity contribution in [3.05, 3.63) is 54.2 Å². The molecule has 1 aromatic carbocycles. The maximum absolute atomic E-state index is 4.42. The Morgan fingerprint density at radius 2 is 2.12 bits per heavy atom. The molecule has 0 bridgehead atoms. The average molecular weight is 212 g/mol. The van der Waals surface area contributed by atoms with E-state index in [0.717, 1.165) is 18.6 Å². The van der Waals surface area contributed by atoms with Crippen molar-refractivity contribution in [3.8, 4) is 0 Å². The molecule has 0 aliphatic heterocycles. The van der Waals surface area contributed by atoms with Crippen LogP contribution >= 0.6 is 0 Å². The number of aromatic nitrogens is 1. The molecule has 0 amide bonds. The van der Waals surface area contributed by atoms with Crippen molar-refractivity contribution >= 4 is 10.9 Å². The van der Waals surface area contributed by atoms with Gasteiger partial charge in [0.05, 0.1) is 5.52 Å². The zero-order chi connectivity index (χ0) is 11.2. The summed E-state index contributed by atoms with van der Waals surface area (Å²) in [4.78, 5) is 4.42. The lowest BCUT2D eigenvalue weighted by Gasteiger charge is -2.05. The van der Waals surface area contributed by atoms with Gasteiger partial charge in [-0.05, 0) is 18.6 Å². The van der Waals surface area contributed by atoms with Gasteiger partial charge in [-0.3, -0.25) is 4.98 Å². The molecule has 0 aliphatic rings. The Labute approximate surface area is 96.0 Å². The molecular weight excluding hydrogens is 196 g/mol. The molecule has 0 atom stereocenters. The number of nitrogens with one attached hydrogen (secondary N) is 1. The van der Waals surface area contributed by atoms with Crippen LogP contribution in [0.1, 0.15) is 12.5 Å². The van der Waals surface area contributed by atoms with Crippen molar-refractivity contribution < 1.29 is 0 Å². The molecule has 0 fully saturated rings. The molecule has 1 N–H and O–H groups in total. The first kappa shape index (κ1) is 10.8. The summed E-state index contributed by atoms with van der Waals surface area (Å²) in [6.45, 7) is 3.79. The lowest BCUT2D eigenvalue weighted by atomic mass is 10.1. The van der Waals surface area contributed by atoms with Gasteiger partial charge >= 0.3 is 0 Å². The monoisotopic (exact) mass is 212 g/mol. The number of fused-ring (bicyclic) bond motifs is 1. The zero-order valence-electron chi connectivity index (χ0n) is 9.48. The Morgan fingerprint density at radius 1 is 1.25 bits per heavy atom. The molecule has 2 nitrogen and oxygen atoms in total. The molecule has 0 aliphatic carbocycles. The second-order valence-corrected chi connectivity index (χ2v) is 3.69. The maximum Gasteiger partial charge on any atom is 0.0746 e. The first-order valence-electron chi connectivity index (χ1n) is 5.56. The second kappa shape index (κ2) is 5.42. The number of hydrogen-bond donors (Lipinski definition) is 1. The van der Waals surface area contributed by atoms with Gasteiger partial charge < -0.3 is 5.32 Å². The maximum atomic E-state index is 4.42. The minimum Gasteiger partial charge on any atom is -0.309 e. The van der Waals surface area contributed by atoms with Gasteiger partial charge in [-0.15, -0.1) is 0 Å². The number of allylic oxidation sites excluding steroid dienone is 1. The molecule has 0 saturated heterocycles. The predicted octanol–water partition coefficient (Wildman–Crippen LogP) is 2.90. The van der Waals surface area contributed by atoms with E-state index in [4.69, 9.17) is 0 Å². The Hall–Kier alpha value is -1.67. The van der Waals surface area contributed by atoms with Crippen LogP contribution in [0, 0.1) is 0 Å². The van der Waals surface area contributed by atoms with Gasteiger partial charge in [0.15, 0.2) is 0 Å². The molecule has 82 valence electrons. The quantitative estimate of drug-likeness (QED) is 0.622. The van der Waals surface area contributed by atoms with Crippen LogP contribution in [0.3, 0.4) is 0 Å².